The molecule has 130 valence electrons. The Kier molecular flexibility index (Phi) is 10.4. The van der Waals surface area contributed by atoms with Crippen LogP contribution in [0.4, 0.5) is 0 Å². The van der Waals surface area contributed by atoms with Crippen molar-refractivity contribution in [1.29, 1.82) is 0 Å². The van der Waals surface area contributed by atoms with Gasteiger partial charge in [-0.2, -0.15) is 0 Å². The molecule has 2 aromatic carbocycles. The number of hydrogen-bond donors (Lipinski definition) is 0. The third kappa shape index (κ3) is 5.03. The maximum atomic E-state index is 2.38. The third-order valence-electron chi connectivity index (χ3n) is 4.46. The van der Waals surface area contributed by atoms with Gasteiger partial charge in [-0.15, -0.1) is 0 Å². The Bertz CT molecular complexity index is 656. The molecular formula is C21H21Cl3Ti. The van der Waals surface area contributed by atoms with Crippen LogP contribution < -0.4 is 37.2 Å². The van der Waals surface area contributed by atoms with E-state index in [0.717, 1.165) is 0 Å². The van der Waals surface area contributed by atoms with Gasteiger partial charge in [-0.05, 0) is 0 Å². The quantitative estimate of drug-likeness (QED) is 0.449. The van der Waals surface area contributed by atoms with Crippen LogP contribution in [0.3, 0.4) is 0 Å². The summed E-state index contributed by atoms with van der Waals surface area (Å²) in [7, 11) is 0. The predicted octanol–water partition coefficient (Wildman–Crippen LogP) is -3.31. The van der Waals surface area contributed by atoms with Crippen molar-refractivity contribution in [2.45, 2.75) is 23.5 Å². The maximum absolute atomic E-state index is 2.38. The Morgan fingerprint density at radius 2 is 1.20 bits per heavy atom. The van der Waals surface area contributed by atoms with Crippen LogP contribution in [0.1, 0.15) is 30.9 Å². The molecular weight excluding hydrogens is 406 g/mol. The monoisotopic (exact) mass is 426 g/mol. The molecule has 1 aliphatic rings. The van der Waals surface area contributed by atoms with Crippen LogP contribution >= 0.6 is 0 Å². The third-order valence-corrected chi connectivity index (χ3v) is 5.62. The van der Waals surface area contributed by atoms with Gasteiger partial charge in [0.2, 0.25) is 0 Å². The summed E-state index contributed by atoms with van der Waals surface area (Å²) in [6.45, 7) is 4.59. The summed E-state index contributed by atoms with van der Waals surface area (Å²) in [5.41, 5.74) is 4.29. The second-order valence-electron chi connectivity index (χ2n) is 6.26. The molecule has 3 rings (SSSR count). The second-order valence-corrected chi connectivity index (χ2v) is 7.55. The van der Waals surface area contributed by atoms with Crippen LogP contribution in [0.25, 0.3) is 0 Å². The van der Waals surface area contributed by atoms with Gasteiger partial charge < -0.3 is 37.2 Å². The summed E-state index contributed by atoms with van der Waals surface area (Å²) in [6, 6.07) is 21.8. The molecule has 0 spiro atoms. The Labute approximate surface area is 181 Å². The number of rotatable bonds is 4. The van der Waals surface area contributed by atoms with E-state index in [2.05, 4.69) is 113 Å². The van der Waals surface area contributed by atoms with Gasteiger partial charge in [-0.25, -0.2) is 0 Å². The molecule has 0 aliphatic heterocycles. The molecule has 2 aromatic rings. The molecule has 0 fully saturated rings. The fourth-order valence-electron chi connectivity index (χ4n) is 3.48. The zero-order chi connectivity index (χ0) is 15.6. The average Bonchev–Trinajstić information content (AvgIpc) is 2.92. The zero-order valence-electron chi connectivity index (χ0n) is 14.3. The largest absolute Gasteiger partial charge is 1.00 e. The van der Waals surface area contributed by atoms with Crippen LogP contribution in [0.15, 0.2) is 84.5 Å². The van der Waals surface area contributed by atoms with Crippen molar-refractivity contribution >= 4 is 0 Å². The van der Waals surface area contributed by atoms with Crippen LogP contribution in [-0.4, -0.2) is 0 Å². The zero-order valence-corrected chi connectivity index (χ0v) is 18.1. The Hall–Kier alpha value is -0.496. The van der Waals surface area contributed by atoms with Gasteiger partial charge in [0.15, 0.2) is 0 Å². The van der Waals surface area contributed by atoms with Gasteiger partial charge in [0.1, 0.15) is 0 Å². The molecule has 0 heterocycles. The summed E-state index contributed by atoms with van der Waals surface area (Å²) in [4.78, 5) is 0. The molecule has 0 aromatic heterocycles. The first kappa shape index (κ1) is 24.5. The SMILES string of the molecule is CC(C)C1=CC=C[C]1([Ti+3])C(c1ccccc1)c1ccccc1.[Cl-].[Cl-].[Cl-]. The average molecular weight is 428 g/mol. The molecule has 4 heteroatoms. The molecule has 1 unspecified atom stereocenters. The van der Waals surface area contributed by atoms with Crippen molar-refractivity contribution in [3.63, 3.8) is 0 Å². The van der Waals surface area contributed by atoms with Crippen molar-refractivity contribution < 1.29 is 57.7 Å². The molecule has 0 radical (unpaired) electrons. The van der Waals surface area contributed by atoms with Crippen molar-refractivity contribution in [3.05, 3.63) is 95.6 Å². The Balaban J connectivity index is 0.00000192. The molecule has 0 amide bonds. The van der Waals surface area contributed by atoms with Gasteiger partial charge in [0, 0.05) is 0 Å². The van der Waals surface area contributed by atoms with Crippen LogP contribution in [0.5, 0.6) is 0 Å². The van der Waals surface area contributed by atoms with E-state index >= 15 is 0 Å². The summed E-state index contributed by atoms with van der Waals surface area (Å²) < 4.78 is 0.0386. The van der Waals surface area contributed by atoms with E-state index in [0.29, 0.717) is 11.8 Å². The second kappa shape index (κ2) is 10.6. The van der Waals surface area contributed by atoms with Crippen molar-refractivity contribution in [2.24, 2.45) is 5.92 Å². The summed E-state index contributed by atoms with van der Waals surface area (Å²) in [5.74, 6) is 0.900. The maximum Gasteiger partial charge on any atom is -1.00 e. The normalized spacial score (nSPS) is 18.2. The van der Waals surface area contributed by atoms with Crippen LogP contribution in [0, 0.1) is 5.92 Å². The van der Waals surface area contributed by atoms with Crippen molar-refractivity contribution in [2.75, 3.05) is 0 Å². The van der Waals surface area contributed by atoms with Crippen molar-refractivity contribution in [1.82, 2.24) is 0 Å². The standard InChI is InChI=1S/C21H21.3ClH.Ti/c1-16(2)19-14-9-15-20(19)21(17-10-5-3-6-11-17)18-12-7-4-8-13-18;;;;/h3-16,21H,1-2H3;3*1H;/q;;;;+3/p-3. The first-order valence-electron chi connectivity index (χ1n) is 7.87. The number of halogens is 3. The fourth-order valence-corrected chi connectivity index (χ4v) is 4.73. The molecule has 0 nitrogen and oxygen atoms in total. The summed E-state index contributed by atoms with van der Waals surface area (Å²) in [5, 5.41) is 0. The van der Waals surface area contributed by atoms with E-state index < -0.39 is 0 Å². The van der Waals surface area contributed by atoms with E-state index in [1.54, 1.807) is 0 Å². The smallest absolute Gasteiger partial charge is 1.00 e. The first-order valence-corrected chi connectivity index (χ1v) is 8.66. The Morgan fingerprint density at radius 1 is 0.760 bits per heavy atom. The first-order chi connectivity index (χ1) is 10.6. The van der Waals surface area contributed by atoms with E-state index in [4.69, 9.17) is 0 Å². The number of hydrogen-bond acceptors (Lipinski definition) is 0. The minimum absolute atomic E-state index is 0. The van der Waals surface area contributed by atoms with Crippen molar-refractivity contribution in [3.8, 4) is 0 Å². The van der Waals surface area contributed by atoms with Gasteiger partial charge in [0.05, 0.1) is 0 Å². The summed E-state index contributed by atoms with van der Waals surface area (Å²) in [6.07, 6.45) is 6.92. The molecule has 0 saturated carbocycles. The molecule has 0 saturated heterocycles. The minimum atomic E-state index is 0. The molecule has 1 atom stereocenters. The fraction of sp³-hybridized carbons (Fsp3) is 0.238. The molecule has 0 N–H and O–H groups in total. The molecule has 25 heavy (non-hydrogen) atoms. The molecule has 1 aliphatic carbocycles. The predicted molar refractivity (Wildman–Crippen MR) is 89.5 cm³/mol. The number of benzene rings is 2. The van der Waals surface area contributed by atoms with Crippen LogP contribution in [0.2, 0.25) is 3.72 Å². The topological polar surface area (TPSA) is 0 Å². The van der Waals surface area contributed by atoms with Gasteiger partial charge >= 0.3 is 145 Å². The molecule has 0 bridgehead atoms. The van der Waals surface area contributed by atoms with Gasteiger partial charge in [-0.3, -0.25) is 0 Å². The van der Waals surface area contributed by atoms with Gasteiger partial charge in [-0.1, -0.05) is 0 Å². The van der Waals surface area contributed by atoms with Gasteiger partial charge in [0.25, 0.3) is 0 Å². The number of allylic oxidation sites excluding steroid dienone is 4. The van der Waals surface area contributed by atoms with E-state index in [1.165, 1.54) is 16.7 Å². The van der Waals surface area contributed by atoms with Crippen LogP contribution in [-0.2, 0) is 20.4 Å². The Morgan fingerprint density at radius 3 is 1.60 bits per heavy atom. The van der Waals surface area contributed by atoms with E-state index in [1.807, 2.05) is 0 Å². The van der Waals surface area contributed by atoms with E-state index in [9.17, 15) is 0 Å². The minimum Gasteiger partial charge on any atom is -1.00 e. The van der Waals surface area contributed by atoms with E-state index in [-0.39, 0.29) is 40.9 Å². The summed E-state index contributed by atoms with van der Waals surface area (Å²) >= 11 is 2.38.